The second kappa shape index (κ2) is 6.05. The summed E-state index contributed by atoms with van der Waals surface area (Å²) < 4.78 is 5.51. The number of benzene rings is 1. The van der Waals surface area contributed by atoms with Gasteiger partial charge < -0.3 is 10.1 Å². The van der Waals surface area contributed by atoms with Crippen LogP contribution < -0.4 is 10.1 Å². The standard InChI is InChI=1S/C15H17N3O/c1-3-7-17-15-11(9-16)10-18-14-6-5-12(19-4-2)8-13(14)15/h5-6,8,10H,3-4,7H2,1-2H3,(H,17,18). The Bertz CT molecular complexity index is 617. The number of hydrogen-bond donors (Lipinski definition) is 1. The van der Waals surface area contributed by atoms with Gasteiger partial charge in [0.15, 0.2) is 0 Å². The molecule has 0 bridgehead atoms. The average Bonchev–Trinajstić information content (AvgIpc) is 2.45. The largest absolute Gasteiger partial charge is 0.494 e. The molecule has 1 N–H and O–H groups in total. The van der Waals surface area contributed by atoms with Crippen molar-refractivity contribution in [2.45, 2.75) is 20.3 Å². The lowest BCUT2D eigenvalue weighted by Crippen LogP contribution is -2.03. The highest BCUT2D eigenvalue weighted by Gasteiger charge is 2.09. The zero-order valence-electron chi connectivity index (χ0n) is 11.2. The van der Waals surface area contributed by atoms with Gasteiger partial charge in [0.05, 0.1) is 23.4 Å². The SMILES string of the molecule is CCCNc1c(C#N)cnc2ccc(OCC)cc12. The topological polar surface area (TPSA) is 57.9 Å². The number of nitriles is 1. The van der Waals surface area contributed by atoms with Crippen LogP contribution in [0.15, 0.2) is 24.4 Å². The lowest BCUT2D eigenvalue weighted by atomic mass is 10.1. The maximum Gasteiger partial charge on any atom is 0.120 e. The van der Waals surface area contributed by atoms with Crippen molar-refractivity contribution in [2.24, 2.45) is 0 Å². The van der Waals surface area contributed by atoms with E-state index in [1.54, 1.807) is 6.20 Å². The summed E-state index contributed by atoms with van der Waals surface area (Å²) in [5, 5.41) is 13.4. The van der Waals surface area contributed by atoms with Crippen LogP contribution in [0.5, 0.6) is 5.75 Å². The molecule has 0 amide bonds. The minimum Gasteiger partial charge on any atom is -0.494 e. The van der Waals surface area contributed by atoms with Crippen LogP contribution in [0, 0.1) is 11.3 Å². The van der Waals surface area contributed by atoms with E-state index in [9.17, 15) is 5.26 Å². The Hall–Kier alpha value is -2.28. The van der Waals surface area contributed by atoms with Crippen molar-refractivity contribution in [3.63, 3.8) is 0 Å². The van der Waals surface area contributed by atoms with E-state index in [0.717, 1.165) is 35.3 Å². The lowest BCUT2D eigenvalue weighted by molar-refractivity contribution is 0.340. The van der Waals surface area contributed by atoms with Crippen molar-refractivity contribution in [3.05, 3.63) is 30.0 Å². The molecule has 0 saturated carbocycles. The van der Waals surface area contributed by atoms with Crippen molar-refractivity contribution in [1.82, 2.24) is 4.98 Å². The molecule has 1 aromatic heterocycles. The van der Waals surface area contributed by atoms with E-state index in [2.05, 4.69) is 23.3 Å². The lowest BCUT2D eigenvalue weighted by Gasteiger charge is -2.11. The fourth-order valence-electron chi connectivity index (χ4n) is 1.95. The molecule has 0 aliphatic rings. The van der Waals surface area contributed by atoms with Crippen LogP contribution in [-0.2, 0) is 0 Å². The van der Waals surface area contributed by atoms with Crippen LogP contribution in [0.4, 0.5) is 5.69 Å². The first-order valence-electron chi connectivity index (χ1n) is 6.49. The number of ether oxygens (including phenoxy) is 1. The van der Waals surface area contributed by atoms with Crippen molar-refractivity contribution in [1.29, 1.82) is 5.26 Å². The van der Waals surface area contributed by atoms with Gasteiger partial charge in [0.25, 0.3) is 0 Å². The molecule has 4 nitrogen and oxygen atoms in total. The van der Waals surface area contributed by atoms with Crippen LogP contribution in [0.3, 0.4) is 0 Å². The molecule has 98 valence electrons. The second-order valence-electron chi connectivity index (χ2n) is 4.20. The van der Waals surface area contributed by atoms with E-state index in [1.807, 2.05) is 25.1 Å². The van der Waals surface area contributed by atoms with Crippen LogP contribution in [-0.4, -0.2) is 18.1 Å². The number of fused-ring (bicyclic) bond motifs is 1. The van der Waals surface area contributed by atoms with E-state index in [-0.39, 0.29) is 0 Å². The van der Waals surface area contributed by atoms with Gasteiger partial charge in [0.2, 0.25) is 0 Å². The van der Waals surface area contributed by atoms with Gasteiger partial charge >= 0.3 is 0 Å². The number of rotatable bonds is 5. The molecular weight excluding hydrogens is 238 g/mol. The quantitative estimate of drug-likeness (QED) is 0.890. The highest BCUT2D eigenvalue weighted by molar-refractivity contribution is 5.94. The predicted molar refractivity (Wildman–Crippen MR) is 76.4 cm³/mol. The molecule has 0 fully saturated rings. The highest BCUT2D eigenvalue weighted by Crippen LogP contribution is 2.29. The van der Waals surface area contributed by atoms with Crippen molar-refractivity contribution in [2.75, 3.05) is 18.5 Å². The summed E-state index contributed by atoms with van der Waals surface area (Å²) in [6, 6.07) is 7.93. The van der Waals surface area contributed by atoms with Gasteiger partial charge in [-0.3, -0.25) is 4.98 Å². The molecule has 0 radical (unpaired) electrons. The van der Waals surface area contributed by atoms with Crippen LogP contribution in [0.1, 0.15) is 25.8 Å². The summed E-state index contributed by atoms with van der Waals surface area (Å²) in [6.07, 6.45) is 2.61. The van der Waals surface area contributed by atoms with Crippen molar-refractivity contribution >= 4 is 16.6 Å². The predicted octanol–water partition coefficient (Wildman–Crippen LogP) is 3.33. The molecule has 0 aliphatic carbocycles. The van der Waals surface area contributed by atoms with Crippen molar-refractivity contribution in [3.8, 4) is 11.8 Å². The fourth-order valence-corrected chi connectivity index (χ4v) is 1.95. The van der Waals surface area contributed by atoms with Gasteiger partial charge in [0, 0.05) is 18.1 Å². The number of nitrogens with zero attached hydrogens (tertiary/aromatic N) is 2. The Balaban J connectivity index is 2.57. The van der Waals surface area contributed by atoms with E-state index in [1.165, 1.54) is 0 Å². The molecule has 0 aliphatic heterocycles. The zero-order chi connectivity index (χ0) is 13.7. The first-order chi connectivity index (χ1) is 9.30. The fraction of sp³-hybridized carbons (Fsp3) is 0.333. The summed E-state index contributed by atoms with van der Waals surface area (Å²) in [4.78, 5) is 4.30. The van der Waals surface area contributed by atoms with Gasteiger partial charge in [-0.25, -0.2) is 0 Å². The number of nitrogens with one attached hydrogen (secondary N) is 1. The second-order valence-corrected chi connectivity index (χ2v) is 4.20. The molecule has 0 saturated heterocycles. The zero-order valence-corrected chi connectivity index (χ0v) is 11.2. The third-order valence-corrected chi connectivity index (χ3v) is 2.82. The molecule has 1 aromatic carbocycles. The van der Waals surface area contributed by atoms with Gasteiger partial charge in [0.1, 0.15) is 11.8 Å². The molecule has 0 atom stereocenters. The first-order valence-corrected chi connectivity index (χ1v) is 6.49. The molecule has 2 rings (SSSR count). The summed E-state index contributed by atoms with van der Waals surface area (Å²) in [6.45, 7) is 5.49. The maximum absolute atomic E-state index is 9.19. The summed E-state index contributed by atoms with van der Waals surface area (Å²) in [7, 11) is 0. The smallest absolute Gasteiger partial charge is 0.120 e. The monoisotopic (exact) mass is 255 g/mol. The van der Waals surface area contributed by atoms with Crippen LogP contribution >= 0.6 is 0 Å². The molecular formula is C15H17N3O. The Labute approximate surface area is 113 Å². The molecule has 0 spiro atoms. The van der Waals surface area contributed by atoms with Crippen LogP contribution in [0.2, 0.25) is 0 Å². The summed E-state index contributed by atoms with van der Waals surface area (Å²) >= 11 is 0. The third-order valence-electron chi connectivity index (χ3n) is 2.82. The minimum absolute atomic E-state index is 0.564. The number of anilines is 1. The average molecular weight is 255 g/mol. The van der Waals surface area contributed by atoms with E-state index in [4.69, 9.17) is 4.74 Å². The highest BCUT2D eigenvalue weighted by atomic mass is 16.5. The van der Waals surface area contributed by atoms with Gasteiger partial charge in [-0.2, -0.15) is 5.26 Å². The molecule has 0 unspecified atom stereocenters. The van der Waals surface area contributed by atoms with Crippen molar-refractivity contribution < 1.29 is 4.74 Å². The van der Waals surface area contributed by atoms with Gasteiger partial charge in [-0.1, -0.05) is 6.92 Å². The minimum atomic E-state index is 0.564. The number of aromatic nitrogens is 1. The summed E-state index contributed by atoms with van der Waals surface area (Å²) in [5.41, 5.74) is 2.27. The van der Waals surface area contributed by atoms with Crippen LogP contribution in [0.25, 0.3) is 10.9 Å². The van der Waals surface area contributed by atoms with E-state index >= 15 is 0 Å². The first kappa shape index (κ1) is 13.2. The molecule has 19 heavy (non-hydrogen) atoms. The molecule has 4 heteroatoms. The Morgan fingerprint density at radius 1 is 1.37 bits per heavy atom. The summed E-state index contributed by atoms with van der Waals surface area (Å²) in [5.74, 6) is 0.798. The Morgan fingerprint density at radius 2 is 2.21 bits per heavy atom. The van der Waals surface area contributed by atoms with Gasteiger partial charge in [-0.15, -0.1) is 0 Å². The van der Waals surface area contributed by atoms with E-state index < -0.39 is 0 Å². The van der Waals surface area contributed by atoms with Gasteiger partial charge in [-0.05, 0) is 31.5 Å². The normalized spacial score (nSPS) is 10.2. The van der Waals surface area contributed by atoms with E-state index in [0.29, 0.717) is 12.2 Å². The number of hydrogen-bond acceptors (Lipinski definition) is 4. The number of pyridine rings is 1. The molecule has 2 aromatic rings. The Morgan fingerprint density at radius 3 is 2.89 bits per heavy atom. The Kier molecular flexibility index (Phi) is 4.19. The maximum atomic E-state index is 9.19. The third kappa shape index (κ3) is 2.76. The molecule has 1 heterocycles.